The Morgan fingerprint density at radius 2 is 1.79 bits per heavy atom. The molecule has 0 saturated heterocycles. The van der Waals surface area contributed by atoms with E-state index in [4.69, 9.17) is 4.74 Å². The highest BCUT2D eigenvalue weighted by Crippen LogP contribution is 2.41. The van der Waals surface area contributed by atoms with E-state index in [0.717, 1.165) is 16.7 Å². The van der Waals surface area contributed by atoms with Gasteiger partial charge in [-0.2, -0.15) is 0 Å². The van der Waals surface area contributed by atoms with Gasteiger partial charge < -0.3 is 10.1 Å². The van der Waals surface area contributed by atoms with Crippen molar-refractivity contribution in [2.24, 2.45) is 0 Å². The lowest BCUT2D eigenvalue weighted by atomic mass is 10.1. The van der Waals surface area contributed by atoms with Crippen molar-refractivity contribution in [1.29, 1.82) is 0 Å². The number of hydrogen-bond donors (Lipinski definition) is 1. The van der Waals surface area contributed by atoms with Crippen molar-refractivity contribution in [2.45, 2.75) is 11.8 Å². The van der Waals surface area contributed by atoms with Crippen LogP contribution >= 0.6 is 0 Å². The third-order valence-corrected chi connectivity index (χ3v) is 6.55. The highest BCUT2D eigenvalue weighted by atomic mass is 32.2. The van der Waals surface area contributed by atoms with E-state index in [1.807, 2.05) is 43.3 Å². The van der Waals surface area contributed by atoms with Crippen molar-refractivity contribution in [1.82, 2.24) is 5.32 Å². The van der Waals surface area contributed by atoms with E-state index in [0.29, 0.717) is 17.7 Å². The lowest BCUT2D eigenvalue weighted by Gasteiger charge is -2.18. The molecule has 0 fully saturated rings. The van der Waals surface area contributed by atoms with Crippen molar-refractivity contribution in [3.63, 3.8) is 0 Å². The molecule has 0 atom stereocenters. The standard InChI is InChI=1S/C21H20N2O4S/c1-15-6-2-3-10-18(15)27-13-12-22-20(24)14-23-17-9-4-7-16-8-5-11-19(21(16)17)28(23,25)26/h2-11H,12-14H2,1H3,(H,22,24). The summed E-state index contributed by atoms with van der Waals surface area (Å²) in [5, 5.41) is 4.23. The Labute approximate surface area is 163 Å². The zero-order valence-corrected chi connectivity index (χ0v) is 16.2. The molecule has 3 aromatic carbocycles. The third kappa shape index (κ3) is 3.18. The second kappa shape index (κ2) is 7.16. The molecule has 6 nitrogen and oxygen atoms in total. The van der Waals surface area contributed by atoms with E-state index in [1.165, 1.54) is 4.31 Å². The summed E-state index contributed by atoms with van der Waals surface area (Å²) in [4.78, 5) is 12.6. The summed E-state index contributed by atoms with van der Waals surface area (Å²) in [5.74, 6) is 0.391. The number of ether oxygens (including phenoxy) is 1. The van der Waals surface area contributed by atoms with Gasteiger partial charge in [0.15, 0.2) is 0 Å². The smallest absolute Gasteiger partial charge is 0.265 e. The molecular formula is C21H20N2O4S. The van der Waals surface area contributed by atoms with E-state index < -0.39 is 10.0 Å². The largest absolute Gasteiger partial charge is 0.491 e. The number of nitrogens with one attached hydrogen (secondary N) is 1. The first-order chi connectivity index (χ1) is 13.5. The van der Waals surface area contributed by atoms with E-state index in [9.17, 15) is 13.2 Å². The average Bonchev–Trinajstić information content (AvgIpc) is 2.90. The number of carbonyl (C=O) groups excluding carboxylic acids is 1. The van der Waals surface area contributed by atoms with Gasteiger partial charge >= 0.3 is 0 Å². The van der Waals surface area contributed by atoms with Crippen LogP contribution in [0.1, 0.15) is 5.56 Å². The molecule has 144 valence electrons. The molecule has 0 radical (unpaired) electrons. The molecule has 28 heavy (non-hydrogen) atoms. The maximum Gasteiger partial charge on any atom is 0.265 e. The molecule has 3 aromatic rings. The van der Waals surface area contributed by atoms with E-state index >= 15 is 0 Å². The maximum atomic E-state index is 12.9. The highest BCUT2D eigenvalue weighted by molar-refractivity contribution is 7.93. The first-order valence-corrected chi connectivity index (χ1v) is 10.4. The molecule has 0 unspecified atom stereocenters. The number of para-hydroxylation sites is 1. The second-order valence-electron chi connectivity index (χ2n) is 6.61. The lowest BCUT2D eigenvalue weighted by Crippen LogP contribution is -2.40. The molecule has 1 N–H and O–H groups in total. The maximum absolute atomic E-state index is 12.9. The van der Waals surface area contributed by atoms with Crippen molar-refractivity contribution in [3.8, 4) is 5.75 Å². The summed E-state index contributed by atoms with van der Waals surface area (Å²) in [5.41, 5.74) is 1.56. The fourth-order valence-corrected chi connectivity index (χ4v) is 5.05. The first-order valence-electron chi connectivity index (χ1n) is 8.98. The van der Waals surface area contributed by atoms with Gasteiger partial charge in [0.25, 0.3) is 10.0 Å². The topological polar surface area (TPSA) is 75.7 Å². The Hall–Kier alpha value is -3.06. The van der Waals surface area contributed by atoms with Gasteiger partial charge in [0.2, 0.25) is 5.91 Å². The number of nitrogens with zero attached hydrogens (tertiary/aromatic N) is 1. The normalized spacial score (nSPS) is 14.2. The zero-order chi connectivity index (χ0) is 19.7. The van der Waals surface area contributed by atoms with Gasteiger partial charge in [-0.3, -0.25) is 9.10 Å². The summed E-state index contributed by atoms with van der Waals surface area (Å²) < 4.78 is 32.6. The Bertz CT molecular complexity index is 1150. The minimum absolute atomic E-state index is 0.247. The molecule has 0 spiro atoms. The van der Waals surface area contributed by atoms with Gasteiger partial charge in [-0.1, -0.05) is 42.5 Å². The van der Waals surface area contributed by atoms with Gasteiger partial charge in [-0.15, -0.1) is 0 Å². The summed E-state index contributed by atoms with van der Waals surface area (Å²) in [6.45, 7) is 2.28. The predicted molar refractivity (Wildman–Crippen MR) is 108 cm³/mol. The molecule has 1 aliphatic heterocycles. The van der Waals surface area contributed by atoms with Crippen LogP contribution in [0.15, 0.2) is 65.6 Å². The number of amides is 1. The van der Waals surface area contributed by atoms with Crippen molar-refractivity contribution in [2.75, 3.05) is 24.0 Å². The molecule has 1 aliphatic rings. The Kier molecular flexibility index (Phi) is 4.68. The van der Waals surface area contributed by atoms with Crippen molar-refractivity contribution in [3.05, 3.63) is 66.2 Å². The number of anilines is 1. The number of hydrogen-bond acceptors (Lipinski definition) is 4. The van der Waals surface area contributed by atoms with Crippen LogP contribution in [-0.2, 0) is 14.8 Å². The third-order valence-electron chi connectivity index (χ3n) is 4.74. The highest BCUT2D eigenvalue weighted by Gasteiger charge is 2.36. The second-order valence-corrected chi connectivity index (χ2v) is 8.44. The fourth-order valence-electron chi connectivity index (χ4n) is 3.38. The lowest BCUT2D eigenvalue weighted by molar-refractivity contribution is -0.119. The number of benzene rings is 3. The monoisotopic (exact) mass is 396 g/mol. The van der Waals surface area contributed by atoms with Gasteiger partial charge in [0.05, 0.1) is 17.1 Å². The van der Waals surface area contributed by atoms with Gasteiger partial charge in [-0.05, 0) is 36.1 Å². The van der Waals surface area contributed by atoms with Crippen LogP contribution in [0.2, 0.25) is 0 Å². The van der Waals surface area contributed by atoms with Crippen molar-refractivity contribution >= 4 is 32.4 Å². The molecule has 4 rings (SSSR count). The SMILES string of the molecule is Cc1ccccc1OCCNC(=O)CN1c2cccc3cccc(c23)S1(=O)=O. The van der Waals surface area contributed by atoms with Crippen LogP contribution in [0.25, 0.3) is 10.8 Å². The van der Waals surface area contributed by atoms with Crippen LogP contribution in [0.4, 0.5) is 5.69 Å². The van der Waals surface area contributed by atoms with E-state index in [2.05, 4.69) is 5.32 Å². The molecular weight excluding hydrogens is 376 g/mol. The average molecular weight is 396 g/mol. The number of carbonyl (C=O) groups is 1. The van der Waals surface area contributed by atoms with E-state index in [1.54, 1.807) is 24.3 Å². The van der Waals surface area contributed by atoms with Crippen LogP contribution in [0.3, 0.4) is 0 Å². The molecule has 0 aliphatic carbocycles. The minimum Gasteiger partial charge on any atom is -0.491 e. The predicted octanol–water partition coefficient (Wildman–Crippen LogP) is 2.85. The molecule has 1 amide bonds. The van der Waals surface area contributed by atoms with E-state index in [-0.39, 0.29) is 23.9 Å². The quantitative estimate of drug-likeness (QED) is 0.650. The van der Waals surface area contributed by atoms with Crippen LogP contribution in [0, 0.1) is 6.92 Å². The van der Waals surface area contributed by atoms with Gasteiger partial charge in [0.1, 0.15) is 18.9 Å². The molecule has 1 heterocycles. The number of sulfonamides is 1. The summed E-state index contributed by atoms with van der Waals surface area (Å²) >= 11 is 0. The zero-order valence-electron chi connectivity index (χ0n) is 15.4. The summed E-state index contributed by atoms with van der Waals surface area (Å²) in [6.07, 6.45) is 0. The van der Waals surface area contributed by atoms with Gasteiger partial charge in [-0.25, -0.2) is 8.42 Å². The number of aryl methyl sites for hydroxylation is 1. The Balaban J connectivity index is 1.41. The molecule has 0 bridgehead atoms. The Morgan fingerprint density at radius 3 is 2.57 bits per heavy atom. The van der Waals surface area contributed by atoms with Crippen LogP contribution in [-0.4, -0.2) is 34.0 Å². The van der Waals surface area contributed by atoms with Crippen molar-refractivity contribution < 1.29 is 17.9 Å². The van der Waals surface area contributed by atoms with Gasteiger partial charge in [0, 0.05) is 5.39 Å². The number of rotatable bonds is 6. The first kappa shape index (κ1) is 18.3. The van der Waals surface area contributed by atoms with Crippen LogP contribution in [0.5, 0.6) is 5.75 Å². The fraction of sp³-hybridized carbons (Fsp3) is 0.190. The van der Waals surface area contributed by atoms with Crippen LogP contribution < -0.4 is 14.4 Å². The molecule has 0 saturated carbocycles. The Morgan fingerprint density at radius 1 is 1.04 bits per heavy atom. The summed E-state index contributed by atoms with van der Waals surface area (Å²) in [6, 6.07) is 18.2. The molecule has 7 heteroatoms. The summed E-state index contributed by atoms with van der Waals surface area (Å²) in [7, 11) is -3.73. The minimum atomic E-state index is -3.73. The molecule has 0 aromatic heterocycles.